The van der Waals surface area contributed by atoms with Gasteiger partial charge in [0, 0.05) is 52.7 Å². The third-order valence-electron chi connectivity index (χ3n) is 12.1. The van der Waals surface area contributed by atoms with Crippen molar-refractivity contribution in [2.24, 2.45) is 28.1 Å². The van der Waals surface area contributed by atoms with Gasteiger partial charge in [0.15, 0.2) is 5.96 Å². The number of aliphatic imine (C=N–C) groups is 1. The fourth-order valence-corrected chi connectivity index (χ4v) is 8.52. The summed E-state index contributed by atoms with van der Waals surface area (Å²) < 4.78 is 0. The Labute approximate surface area is 376 Å². The lowest BCUT2D eigenvalue weighted by Crippen LogP contribution is -2.55. The van der Waals surface area contributed by atoms with Crippen molar-refractivity contribution in [2.45, 2.75) is 83.3 Å². The molecule has 0 bridgehead atoms. The zero-order valence-corrected chi connectivity index (χ0v) is 37.5. The van der Waals surface area contributed by atoms with Gasteiger partial charge in [-0.25, -0.2) is 0 Å². The van der Waals surface area contributed by atoms with Crippen LogP contribution in [0.15, 0.2) is 53.5 Å². The fourth-order valence-electron chi connectivity index (χ4n) is 8.52. The number of para-hydroxylation sites is 3. The molecule has 2 fully saturated rings. The Morgan fingerprint density at radius 3 is 2.12 bits per heavy atom. The number of piperazine rings is 1. The zero-order chi connectivity index (χ0) is 46.0. The molecule has 11 N–H and O–H groups in total. The van der Waals surface area contributed by atoms with Gasteiger partial charge < -0.3 is 43.4 Å². The van der Waals surface area contributed by atoms with Crippen LogP contribution < -0.4 is 48.7 Å². The second kappa shape index (κ2) is 25.1. The van der Waals surface area contributed by atoms with Crippen molar-refractivity contribution >= 4 is 58.5 Å². The molecule has 0 aromatic heterocycles. The van der Waals surface area contributed by atoms with Crippen LogP contribution in [0.25, 0.3) is 0 Å². The second-order valence-electron chi connectivity index (χ2n) is 17.0. The number of rotatable bonds is 22. The molecular formula is C45H69N13O6. The van der Waals surface area contributed by atoms with Crippen molar-refractivity contribution in [1.29, 1.82) is 0 Å². The summed E-state index contributed by atoms with van der Waals surface area (Å²) in [7, 11) is 0. The summed E-state index contributed by atoms with van der Waals surface area (Å²) >= 11 is 0. The molecule has 6 amide bonds. The van der Waals surface area contributed by atoms with Gasteiger partial charge in [-0.15, -0.1) is 0 Å². The monoisotopic (exact) mass is 888 g/mol. The average Bonchev–Trinajstić information content (AvgIpc) is 3.40. The second-order valence-corrected chi connectivity index (χ2v) is 17.0. The average molecular weight is 888 g/mol. The number of carbonyl (C=O) groups excluding carboxylic acids is 6. The lowest BCUT2D eigenvalue weighted by atomic mass is 9.92. The molecule has 0 aliphatic carbocycles. The Balaban J connectivity index is 0.997. The van der Waals surface area contributed by atoms with Crippen LogP contribution in [0.2, 0.25) is 0 Å². The van der Waals surface area contributed by atoms with E-state index < -0.39 is 35.8 Å². The summed E-state index contributed by atoms with van der Waals surface area (Å²) in [6.45, 7) is 11.6. The van der Waals surface area contributed by atoms with Crippen molar-refractivity contribution < 1.29 is 28.8 Å². The molecule has 19 heteroatoms. The lowest BCUT2D eigenvalue weighted by Gasteiger charge is -2.36. The highest BCUT2D eigenvalue weighted by atomic mass is 16.2. The van der Waals surface area contributed by atoms with E-state index >= 15 is 0 Å². The quantitative estimate of drug-likeness (QED) is 0.0454. The number of amides is 6. The van der Waals surface area contributed by atoms with Gasteiger partial charge in [0.1, 0.15) is 12.1 Å². The van der Waals surface area contributed by atoms with Crippen LogP contribution in [0.3, 0.4) is 0 Å². The van der Waals surface area contributed by atoms with Gasteiger partial charge in [-0.05, 0) is 115 Å². The van der Waals surface area contributed by atoms with Crippen LogP contribution in [0, 0.1) is 5.92 Å². The number of piperidine rings is 1. The minimum Gasteiger partial charge on any atom is -0.370 e. The molecule has 2 aromatic rings. The number of anilines is 3. The molecule has 0 spiro atoms. The van der Waals surface area contributed by atoms with Crippen LogP contribution >= 0.6 is 0 Å². The molecule has 0 saturated carbocycles. The first-order valence-corrected chi connectivity index (χ1v) is 22.7. The number of fused-ring (bicyclic) bond motifs is 2. The minimum absolute atomic E-state index is 0.0277. The Kier molecular flexibility index (Phi) is 19.5. The first kappa shape index (κ1) is 49.5. The number of benzene rings is 2. The van der Waals surface area contributed by atoms with Gasteiger partial charge in [0.05, 0.1) is 35.2 Å². The van der Waals surface area contributed by atoms with E-state index in [1.807, 2.05) is 42.5 Å². The Morgan fingerprint density at radius 1 is 0.781 bits per heavy atom. The molecule has 3 aliphatic rings. The van der Waals surface area contributed by atoms with Crippen LogP contribution in [-0.4, -0.2) is 153 Å². The normalized spacial score (nSPS) is 17.4. The maximum absolute atomic E-state index is 13.9. The Morgan fingerprint density at radius 2 is 1.44 bits per heavy atom. The molecule has 3 heterocycles. The summed E-state index contributed by atoms with van der Waals surface area (Å²) in [5.74, 6) is -1.81. The summed E-state index contributed by atoms with van der Waals surface area (Å²) in [6, 6.07) is 12.2. The Hall–Kier alpha value is -5.47. The summed E-state index contributed by atoms with van der Waals surface area (Å²) in [6.07, 6.45) is 6.10. The molecule has 19 nitrogen and oxygen atoms in total. The van der Waals surface area contributed by atoms with E-state index in [-0.39, 0.29) is 36.6 Å². The molecule has 350 valence electrons. The van der Waals surface area contributed by atoms with Gasteiger partial charge in [-0.3, -0.25) is 53.8 Å². The first-order valence-electron chi connectivity index (χ1n) is 22.7. The highest BCUT2D eigenvalue weighted by Gasteiger charge is 2.32. The molecule has 2 aromatic carbocycles. The van der Waals surface area contributed by atoms with Crippen LogP contribution in [0.1, 0.15) is 75.6 Å². The number of guanidine groups is 1. The van der Waals surface area contributed by atoms with E-state index in [0.29, 0.717) is 67.4 Å². The van der Waals surface area contributed by atoms with Crippen LogP contribution in [-0.2, 0) is 24.0 Å². The smallest absolute Gasteiger partial charge is 0.257 e. The van der Waals surface area contributed by atoms with E-state index in [9.17, 15) is 28.8 Å². The molecule has 3 aliphatic heterocycles. The SMILES string of the molecule is CC(=O)N[C@@H](CCCN)C(=O)NC(=O)[C@H](C)NC(=O)[C@@H](CCCN=C(N)N)NCCN1CCN(CCCC2CCN(CC(=O)N3c4ccccc4NC(=O)c4ccccc43)CC2)CC1. The van der Waals surface area contributed by atoms with Gasteiger partial charge in [0.2, 0.25) is 29.5 Å². The van der Waals surface area contributed by atoms with Gasteiger partial charge in [0.25, 0.3) is 5.91 Å². The van der Waals surface area contributed by atoms with Gasteiger partial charge >= 0.3 is 0 Å². The van der Waals surface area contributed by atoms with E-state index in [2.05, 4.69) is 46.3 Å². The van der Waals surface area contributed by atoms with Gasteiger partial charge in [-0.1, -0.05) is 24.3 Å². The zero-order valence-electron chi connectivity index (χ0n) is 37.5. The summed E-state index contributed by atoms with van der Waals surface area (Å²) in [5.41, 5.74) is 18.9. The summed E-state index contributed by atoms with van der Waals surface area (Å²) in [5, 5.41) is 13.9. The highest BCUT2D eigenvalue weighted by Crippen LogP contribution is 2.38. The van der Waals surface area contributed by atoms with E-state index in [4.69, 9.17) is 17.2 Å². The topological polar surface area (TPSA) is 266 Å². The fraction of sp³-hybridized carbons (Fsp3) is 0.578. The predicted molar refractivity (Wildman–Crippen MR) is 248 cm³/mol. The van der Waals surface area contributed by atoms with E-state index in [1.165, 1.54) is 13.8 Å². The van der Waals surface area contributed by atoms with E-state index in [1.54, 1.807) is 11.0 Å². The lowest BCUT2D eigenvalue weighted by molar-refractivity contribution is -0.136. The van der Waals surface area contributed by atoms with Crippen molar-refractivity contribution in [3.05, 3.63) is 54.1 Å². The largest absolute Gasteiger partial charge is 0.370 e. The van der Waals surface area contributed by atoms with Crippen molar-refractivity contribution in [3.63, 3.8) is 0 Å². The number of likely N-dealkylation sites (tertiary alicyclic amines) is 1. The van der Waals surface area contributed by atoms with Crippen molar-refractivity contribution in [3.8, 4) is 0 Å². The predicted octanol–water partition coefficient (Wildman–Crippen LogP) is 0.430. The Bertz CT molecular complexity index is 1930. The summed E-state index contributed by atoms with van der Waals surface area (Å²) in [4.78, 5) is 90.4. The minimum atomic E-state index is -1.01. The van der Waals surface area contributed by atoms with Crippen LogP contribution in [0.5, 0.6) is 0 Å². The first-order chi connectivity index (χ1) is 30.8. The molecule has 5 rings (SSSR count). The number of hydrogen-bond acceptors (Lipinski definition) is 12. The molecule has 0 unspecified atom stereocenters. The number of nitrogens with one attached hydrogen (secondary N) is 5. The molecular weight excluding hydrogens is 819 g/mol. The number of carbonyl (C=O) groups is 6. The van der Waals surface area contributed by atoms with Crippen LogP contribution in [0.4, 0.5) is 17.1 Å². The number of hydrogen-bond donors (Lipinski definition) is 8. The molecule has 3 atom stereocenters. The number of nitrogens with zero attached hydrogens (tertiary/aromatic N) is 5. The standard InChI is InChI=1S/C45H69N13O6/c1-31(41(61)54-44(64)37(13-7-19-46)52-32(2)59)51-43(63)36(14-8-20-50-45(47)48)49-21-25-56-28-26-55(27-29-56)22-9-10-33-17-23-57(24-18-33)30-40(60)58-38-15-5-3-11-34(38)42(62)53-35-12-4-6-16-39(35)58/h3-6,11-12,15-16,31,33,36-37,49H,7-10,13-14,17-30,46H2,1-2H3,(H,51,63)(H,52,59)(H,53,62)(H4,47,48,50)(H,54,61,64)/t31-,36+,37-/m0/s1. The number of nitrogens with two attached hydrogens (primary N) is 3. The highest BCUT2D eigenvalue weighted by molar-refractivity contribution is 6.18. The van der Waals surface area contributed by atoms with Crippen molar-refractivity contribution in [2.75, 3.05) is 88.8 Å². The van der Waals surface area contributed by atoms with Gasteiger partial charge in [-0.2, -0.15) is 0 Å². The maximum Gasteiger partial charge on any atom is 0.257 e. The van der Waals surface area contributed by atoms with E-state index in [0.717, 1.165) is 78.0 Å². The molecule has 64 heavy (non-hydrogen) atoms. The number of imide groups is 1. The van der Waals surface area contributed by atoms with Crippen molar-refractivity contribution in [1.82, 2.24) is 36.0 Å². The third-order valence-corrected chi connectivity index (χ3v) is 12.1. The maximum atomic E-state index is 13.9. The molecule has 2 saturated heterocycles. The molecule has 0 radical (unpaired) electrons. The third kappa shape index (κ3) is 15.1.